The minimum absolute atomic E-state index is 0.168. The monoisotopic (exact) mass is 343 g/mol. The Morgan fingerprint density at radius 3 is 2.86 bits per heavy atom. The molecule has 112 valence electrons. The van der Waals surface area contributed by atoms with Crippen LogP contribution in [0.15, 0.2) is 24.3 Å². The molecule has 0 aliphatic heterocycles. The van der Waals surface area contributed by atoms with E-state index in [1.165, 1.54) is 0 Å². The highest BCUT2D eigenvalue weighted by molar-refractivity contribution is 7.92. The zero-order valence-electron chi connectivity index (χ0n) is 11.1. The number of hydrogen-bond donors (Lipinski definition) is 1. The maximum Gasteiger partial charge on any atom is 0.232 e. The quantitative estimate of drug-likeness (QED) is 0.872. The summed E-state index contributed by atoms with van der Waals surface area (Å²) in [5.41, 5.74) is 1.84. The average molecular weight is 344 g/mol. The van der Waals surface area contributed by atoms with Gasteiger partial charge < -0.3 is 0 Å². The fraction of sp³-hybridized carbons (Fsp3) is 0.385. The second-order valence-corrected chi connectivity index (χ2v) is 8.33. The molecule has 1 N–H and O–H groups in total. The number of nitrogens with one attached hydrogen (secondary N) is 1. The van der Waals surface area contributed by atoms with Gasteiger partial charge in [0.1, 0.15) is 10.0 Å². The molecule has 1 aliphatic carbocycles. The number of sulfonamides is 1. The first-order valence-corrected chi connectivity index (χ1v) is 9.43. The van der Waals surface area contributed by atoms with Crippen LogP contribution in [0.3, 0.4) is 0 Å². The van der Waals surface area contributed by atoms with Crippen LogP contribution in [0.25, 0.3) is 11.3 Å². The molecule has 5 nitrogen and oxygen atoms in total. The minimum atomic E-state index is -3.30. The Balaban J connectivity index is 1.75. The summed E-state index contributed by atoms with van der Waals surface area (Å²) in [6.07, 6.45) is 3.04. The maximum atomic E-state index is 12.0. The summed E-state index contributed by atoms with van der Waals surface area (Å²) in [6, 6.07) is 7.03. The first-order valence-electron chi connectivity index (χ1n) is 6.62. The number of anilines is 1. The molecule has 1 aliphatic rings. The molecule has 0 bridgehead atoms. The van der Waals surface area contributed by atoms with E-state index in [1.54, 1.807) is 18.2 Å². The average Bonchev–Trinajstić information content (AvgIpc) is 3.17. The van der Waals surface area contributed by atoms with Gasteiger partial charge in [-0.15, -0.1) is 5.10 Å². The number of rotatable bonds is 6. The lowest BCUT2D eigenvalue weighted by molar-refractivity contribution is 0.595. The number of nitrogens with zero attached hydrogens (tertiary/aromatic N) is 2. The molecule has 0 radical (unpaired) electrons. The Bertz CT molecular complexity index is 741. The van der Waals surface area contributed by atoms with E-state index >= 15 is 0 Å². The van der Waals surface area contributed by atoms with Crippen molar-refractivity contribution in [3.8, 4) is 11.3 Å². The fourth-order valence-corrected chi connectivity index (χ4v) is 3.95. The van der Waals surface area contributed by atoms with Gasteiger partial charge in [-0.2, -0.15) is 0 Å². The molecule has 1 saturated carbocycles. The number of aromatic nitrogens is 2. The van der Waals surface area contributed by atoms with Crippen molar-refractivity contribution >= 4 is 38.8 Å². The van der Waals surface area contributed by atoms with E-state index in [1.807, 2.05) is 6.07 Å². The Labute approximate surface area is 132 Å². The summed E-state index contributed by atoms with van der Waals surface area (Å²) in [6.45, 7) is 0. The molecule has 1 aromatic carbocycles. The van der Waals surface area contributed by atoms with Crippen molar-refractivity contribution in [2.75, 3.05) is 10.5 Å². The summed E-state index contributed by atoms with van der Waals surface area (Å²) >= 11 is 7.11. The molecule has 21 heavy (non-hydrogen) atoms. The van der Waals surface area contributed by atoms with Crippen molar-refractivity contribution in [1.29, 1.82) is 0 Å². The largest absolute Gasteiger partial charge is 0.284 e. The van der Waals surface area contributed by atoms with Gasteiger partial charge in [-0.25, -0.2) is 8.42 Å². The van der Waals surface area contributed by atoms with Crippen LogP contribution in [0.5, 0.6) is 0 Å². The zero-order valence-corrected chi connectivity index (χ0v) is 13.5. The van der Waals surface area contributed by atoms with Crippen LogP contribution < -0.4 is 4.72 Å². The third-order valence-corrected chi connectivity index (χ3v) is 5.57. The third kappa shape index (κ3) is 3.93. The van der Waals surface area contributed by atoms with Crippen molar-refractivity contribution in [2.45, 2.75) is 19.3 Å². The molecular weight excluding hydrogens is 330 g/mol. The van der Waals surface area contributed by atoms with Crippen LogP contribution in [0, 0.1) is 5.92 Å². The zero-order chi connectivity index (χ0) is 14.9. The Kier molecular flexibility index (Phi) is 4.14. The van der Waals surface area contributed by atoms with E-state index in [9.17, 15) is 8.42 Å². The highest BCUT2D eigenvalue weighted by atomic mass is 35.5. The highest BCUT2D eigenvalue weighted by Gasteiger charge is 2.24. The van der Waals surface area contributed by atoms with Gasteiger partial charge in [-0.1, -0.05) is 41.1 Å². The Morgan fingerprint density at radius 2 is 2.19 bits per heavy atom. The van der Waals surface area contributed by atoms with E-state index in [2.05, 4.69) is 14.3 Å². The van der Waals surface area contributed by atoms with E-state index in [4.69, 9.17) is 11.6 Å². The van der Waals surface area contributed by atoms with Crippen LogP contribution >= 0.6 is 23.1 Å². The summed E-state index contributed by atoms with van der Waals surface area (Å²) in [7, 11) is -3.30. The molecule has 3 rings (SSSR count). The van der Waals surface area contributed by atoms with Gasteiger partial charge in [-0.3, -0.25) is 4.72 Å². The van der Waals surface area contributed by atoms with Gasteiger partial charge >= 0.3 is 0 Å². The van der Waals surface area contributed by atoms with Gasteiger partial charge in [0.2, 0.25) is 10.0 Å². The van der Waals surface area contributed by atoms with Crippen molar-refractivity contribution in [3.63, 3.8) is 0 Å². The predicted octanol–water partition coefficient (Wildman–Crippen LogP) is 3.40. The summed E-state index contributed by atoms with van der Waals surface area (Å²) in [4.78, 5) is 0. The Hall–Kier alpha value is -1.18. The molecule has 0 atom stereocenters. The van der Waals surface area contributed by atoms with Gasteiger partial charge in [0.05, 0.1) is 5.75 Å². The lowest BCUT2D eigenvalue weighted by Gasteiger charge is -2.08. The molecule has 0 saturated heterocycles. The SMILES string of the molecule is O=S(=O)(CCC1CC1)Nc1cccc(-c2nnsc2Cl)c1. The molecule has 1 aromatic heterocycles. The van der Waals surface area contributed by atoms with Crippen molar-refractivity contribution < 1.29 is 8.42 Å². The van der Waals surface area contributed by atoms with Crippen LogP contribution in [0.4, 0.5) is 5.69 Å². The van der Waals surface area contributed by atoms with Gasteiger partial charge in [0, 0.05) is 22.8 Å². The Morgan fingerprint density at radius 1 is 1.38 bits per heavy atom. The second kappa shape index (κ2) is 5.90. The van der Waals surface area contributed by atoms with Crippen molar-refractivity contribution in [1.82, 2.24) is 9.59 Å². The van der Waals surface area contributed by atoms with Crippen LogP contribution in [0.1, 0.15) is 19.3 Å². The third-order valence-electron chi connectivity index (χ3n) is 3.35. The van der Waals surface area contributed by atoms with Gasteiger partial charge in [0.15, 0.2) is 0 Å². The first kappa shape index (κ1) is 14.7. The lowest BCUT2D eigenvalue weighted by Crippen LogP contribution is -2.17. The van der Waals surface area contributed by atoms with Crippen molar-refractivity contribution in [3.05, 3.63) is 28.6 Å². The summed E-state index contributed by atoms with van der Waals surface area (Å²) < 4.78 is 30.9. The molecule has 0 spiro atoms. The van der Waals surface area contributed by atoms with Gasteiger partial charge in [-0.05, 0) is 24.5 Å². The smallest absolute Gasteiger partial charge is 0.232 e. The molecule has 0 unspecified atom stereocenters. The maximum absolute atomic E-state index is 12.0. The van der Waals surface area contributed by atoms with E-state index in [-0.39, 0.29) is 5.75 Å². The fourth-order valence-electron chi connectivity index (χ4n) is 2.04. The minimum Gasteiger partial charge on any atom is -0.284 e. The molecule has 1 fully saturated rings. The number of halogens is 1. The van der Waals surface area contributed by atoms with Crippen LogP contribution in [-0.2, 0) is 10.0 Å². The van der Waals surface area contributed by atoms with Crippen LogP contribution in [0.2, 0.25) is 4.34 Å². The molecule has 2 aromatic rings. The lowest BCUT2D eigenvalue weighted by atomic mass is 10.1. The van der Waals surface area contributed by atoms with Crippen molar-refractivity contribution in [2.24, 2.45) is 5.92 Å². The second-order valence-electron chi connectivity index (χ2n) is 5.13. The molecule has 0 amide bonds. The predicted molar refractivity (Wildman–Crippen MR) is 85.1 cm³/mol. The molecule has 1 heterocycles. The normalized spacial score (nSPS) is 15.1. The highest BCUT2D eigenvalue weighted by Crippen LogP contribution is 2.33. The standard InChI is InChI=1S/C13H14ClN3O2S2/c14-13-12(15-17-20-13)10-2-1-3-11(8-10)16-21(18,19)7-6-9-4-5-9/h1-3,8-9,16H,4-7H2. The van der Waals surface area contributed by atoms with E-state index in [0.717, 1.165) is 36.4 Å². The molecular formula is C13H14ClN3O2S2. The number of hydrogen-bond acceptors (Lipinski definition) is 5. The summed E-state index contributed by atoms with van der Waals surface area (Å²) in [5, 5.41) is 3.95. The summed E-state index contributed by atoms with van der Waals surface area (Å²) in [5.74, 6) is 0.758. The van der Waals surface area contributed by atoms with E-state index in [0.29, 0.717) is 21.6 Å². The topological polar surface area (TPSA) is 72.0 Å². The first-order chi connectivity index (χ1) is 10.0. The van der Waals surface area contributed by atoms with Crippen LogP contribution in [-0.4, -0.2) is 23.8 Å². The number of benzene rings is 1. The molecule has 8 heteroatoms. The van der Waals surface area contributed by atoms with Gasteiger partial charge in [0.25, 0.3) is 0 Å². The van der Waals surface area contributed by atoms with E-state index < -0.39 is 10.0 Å².